The first-order valence-corrected chi connectivity index (χ1v) is 11.5. The molecule has 0 amide bonds. The summed E-state index contributed by atoms with van der Waals surface area (Å²) in [4.78, 5) is 7.40. The van der Waals surface area contributed by atoms with Gasteiger partial charge in [0, 0.05) is 55.3 Å². The van der Waals surface area contributed by atoms with Crippen molar-refractivity contribution in [1.82, 2.24) is 0 Å². The highest BCUT2D eigenvalue weighted by atomic mass is 15.5. The molecule has 0 saturated carbocycles. The highest BCUT2D eigenvalue weighted by Crippen LogP contribution is 2.33. The van der Waals surface area contributed by atoms with E-state index in [1.54, 1.807) is 0 Å². The van der Waals surface area contributed by atoms with E-state index in [9.17, 15) is 0 Å². The molecule has 1 aliphatic rings. The third-order valence-corrected chi connectivity index (χ3v) is 6.50. The first-order chi connectivity index (χ1) is 15.9. The maximum atomic E-state index is 3.25. The normalized spacial score (nSPS) is 13.8. The summed E-state index contributed by atoms with van der Waals surface area (Å²) in [5.41, 5.74) is 11.0. The monoisotopic (exact) mass is 444 g/mol. The molecule has 1 fully saturated rings. The minimum Gasteiger partial charge on any atom is -0.388 e. The molecule has 1 saturated heterocycles. The molecule has 6 heteroatoms. The van der Waals surface area contributed by atoms with Crippen molar-refractivity contribution in [1.29, 1.82) is 0 Å². The van der Waals surface area contributed by atoms with Crippen molar-refractivity contribution in [2.24, 2.45) is 0 Å². The van der Waals surface area contributed by atoms with Crippen molar-refractivity contribution in [3.05, 3.63) is 71.3 Å². The second kappa shape index (κ2) is 9.53. The van der Waals surface area contributed by atoms with E-state index < -0.39 is 0 Å². The Balaban J connectivity index is 1.73. The van der Waals surface area contributed by atoms with Crippen LogP contribution in [0.15, 0.2) is 54.6 Å². The molecule has 0 unspecified atom stereocenters. The van der Waals surface area contributed by atoms with Crippen molar-refractivity contribution < 1.29 is 0 Å². The van der Waals surface area contributed by atoms with Crippen molar-refractivity contribution >= 4 is 34.1 Å². The summed E-state index contributed by atoms with van der Waals surface area (Å²) in [7, 11) is 5.90. The van der Waals surface area contributed by atoms with Crippen LogP contribution in [0.5, 0.6) is 0 Å². The average molecular weight is 445 g/mol. The predicted octanol–water partition coefficient (Wildman–Crippen LogP) is 5.44. The lowest BCUT2D eigenvalue weighted by Gasteiger charge is -2.46. The largest absolute Gasteiger partial charge is 0.388 e. The molecule has 1 heterocycles. The summed E-state index contributed by atoms with van der Waals surface area (Å²) in [6, 6.07) is 19.8. The van der Waals surface area contributed by atoms with E-state index in [2.05, 4.69) is 106 Å². The van der Waals surface area contributed by atoms with Gasteiger partial charge in [-0.2, -0.15) is 0 Å². The summed E-state index contributed by atoms with van der Waals surface area (Å²) >= 11 is 0. The van der Waals surface area contributed by atoms with Crippen LogP contribution in [-0.4, -0.2) is 41.1 Å². The van der Waals surface area contributed by atoms with E-state index in [1.807, 2.05) is 21.1 Å². The number of nitrogens with zero attached hydrogens (tertiary/aromatic N) is 3. The van der Waals surface area contributed by atoms with Crippen LogP contribution < -0.4 is 30.7 Å². The van der Waals surface area contributed by atoms with Gasteiger partial charge in [-0.15, -0.1) is 0 Å². The highest BCUT2D eigenvalue weighted by Gasteiger charge is 2.27. The van der Waals surface area contributed by atoms with Gasteiger partial charge in [0.2, 0.25) is 0 Å². The number of aryl methyl sites for hydroxylation is 3. The quantitative estimate of drug-likeness (QED) is 0.470. The van der Waals surface area contributed by atoms with Crippen LogP contribution in [-0.2, 0) is 0 Å². The topological polar surface area (TPSA) is 45.8 Å². The number of nitrogens with one attached hydrogen (secondary N) is 3. The number of rotatable bonds is 6. The van der Waals surface area contributed by atoms with Gasteiger partial charge < -0.3 is 30.7 Å². The van der Waals surface area contributed by atoms with Crippen LogP contribution in [0.25, 0.3) is 0 Å². The number of benzene rings is 3. The third-order valence-electron chi connectivity index (χ3n) is 6.50. The van der Waals surface area contributed by atoms with Gasteiger partial charge in [-0.05, 0) is 92.1 Å². The fourth-order valence-corrected chi connectivity index (χ4v) is 4.71. The van der Waals surface area contributed by atoms with Gasteiger partial charge in [0.15, 0.2) is 0 Å². The maximum absolute atomic E-state index is 3.25. The molecule has 4 rings (SSSR count). The highest BCUT2D eigenvalue weighted by molar-refractivity contribution is 5.68. The first-order valence-electron chi connectivity index (χ1n) is 11.5. The Kier molecular flexibility index (Phi) is 6.54. The minimum atomic E-state index is 0.837. The molecule has 3 N–H and O–H groups in total. The number of hydrogen-bond acceptors (Lipinski definition) is 6. The van der Waals surface area contributed by atoms with Crippen LogP contribution in [0.2, 0.25) is 0 Å². The fourth-order valence-electron chi connectivity index (χ4n) is 4.71. The predicted molar refractivity (Wildman–Crippen MR) is 144 cm³/mol. The molecule has 0 aliphatic carbocycles. The third kappa shape index (κ3) is 4.65. The summed E-state index contributed by atoms with van der Waals surface area (Å²) < 4.78 is 0. The van der Waals surface area contributed by atoms with Crippen LogP contribution in [0, 0.1) is 20.8 Å². The molecule has 0 aromatic heterocycles. The fraction of sp³-hybridized carbons (Fsp3) is 0.333. The maximum Gasteiger partial charge on any atom is 0.0937 e. The molecular weight excluding hydrogens is 408 g/mol. The molecule has 3 aromatic carbocycles. The zero-order chi connectivity index (χ0) is 23.5. The molecule has 0 radical (unpaired) electrons. The van der Waals surface area contributed by atoms with E-state index in [4.69, 9.17) is 0 Å². The zero-order valence-electron chi connectivity index (χ0n) is 20.7. The van der Waals surface area contributed by atoms with Crippen molar-refractivity contribution in [2.75, 3.05) is 71.8 Å². The lowest BCUT2D eigenvalue weighted by molar-refractivity contribution is 0.608. The van der Waals surface area contributed by atoms with Crippen molar-refractivity contribution in [2.45, 2.75) is 20.8 Å². The summed E-state index contributed by atoms with van der Waals surface area (Å²) in [5, 5.41) is 9.76. The van der Waals surface area contributed by atoms with Gasteiger partial charge in [0.05, 0.1) is 20.0 Å². The Labute approximate surface area is 198 Å². The van der Waals surface area contributed by atoms with Gasteiger partial charge in [0.1, 0.15) is 0 Å². The van der Waals surface area contributed by atoms with Crippen molar-refractivity contribution in [3.63, 3.8) is 0 Å². The smallest absolute Gasteiger partial charge is 0.0937 e. The Bertz CT molecular complexity index is 978. The van der Waals surface area contributed by atoms with Gasteiger partial charge in [0.25, 0.3) is 0 Å². The van der Waals surface area contributed by atoms with Crippen LogP contribution in [0.1, 0.15) is 16.7 Å². The van der Waals surface area contributed by atoms with Gasteiger partial charge in [-0.25, -0.2) is 0 Å². The van der Waals surface area contributed by atoms with E-state index in [-0.39, 0.29) is 0 Å². The zero-order valence-corrected chi connectivity index (χ0v) is 20.7. The van der Waals surface area contributed by atoms with E-state index in [1.165, 1.54) is 33.8 Å². The SMILES string of the molecule is CNc1ccc(N2CN(c3ccc(NC)cc3C)CN(c3ccc(NC)cc3C)C2)c(C)c1. The molecule has 3 aromatic rings. The lowest BCUT2D eigenvalue weighted by atomic mass is 10.1. The Hall–Kier alpha value is -3.54. The average Bonchev–Trinajstić information content (AvgIpc) is 2.83. The van der Waals surface area contributed by atoms with E-state index >= 15 is 0 Å². The molecule has 0 bridgehead atoms. The molecule has 0 atom stereocenters. The summed E-state index contributed by atoms with van der Waals surface area (Å²) in [6.45, 7) is 9.09. The Morgan fingerprint density at radius 3 is 0.970 bits per heavy atom. The molecule has 174 valence electrons. The Morgan fingerprint density at radius 2 is 0.758 bits per heavy atom. The molecule has 6 nitrogen and oxygen atoms in total. The molecule has 33 heavy (non-hydrogen) atoms. The van der Waals surface area contributed by atoms with Crippen LogP contribution in [0.3, 0.4) is 0 Å². The van der Waals surface area contributed by atoms with Crippen LogP contribution in [0.4, 0.5) is 34.1 Å². The van der Waals surface area contributed by atoms with Gasteiger partial charge in [-0.1, -0.05) is 0 Å². The van der Waals surface area contributed by atoms with Gasteiger partial charge >= 0.3 is 0 Å². The molecule has 1 aliphatic heterocycles. The summed E-state index contributed by atoms with van der Waals surface area (Å²) in [6.07, 6.45) is 0. The number of hydrogen-bond donors (Lipinski definition) is 3. The van der Waals surface area contributed by atoms with E-state index in [0.29, 0.717) is 0 Å². The van der Waals surface area contributed by atoms with Crippen LogP contribution >= 0.6 is 0 Å². The minimum absolute atomic E-state index is 0.837. The van der Waals surface area contributed by atoms with E-state index in [0.717, 1.165) is 37.1 Å². The molecule has 0 spiro atoms. The lowest BCUT2D eigenvalue weighted by Crippen LogP contribution is -2.56. The first kappa shape index (κ1) is 22.6. The number of anilines is 6. The standard InChI is InChI=1S/C27H36N6/c1-19-13-22(28-4)7-10-25(19)31-16-32(26-11-8-23(29-5)14-20(26)2)18-33(17-31)27-12-9-24(30-6)15-21(27)3/h7-15,28-30H,16-18H2,1-6H3. The second-order valence-corrected chi connectivity index (χ2v) is 8.80. The van der Waals surface area contributed by atoms with Gasteiger partial charge in [-0.3, -0.25) is 0 Å². The Morgan fingerprint density at radius 1 is 0.485 bits per heavy atom. The van der Waals surface area contributed by atoms with Crippen molar-refractivity contribution in [3.8, 4) is 0 Å². The molecular formula is C27H36N6. The summed E-state index contributed by atoms with van der Waals surface area (Å²) in [5.74, 6) is 0. The second-order valence-electron chi connectivity index (χ2n) is 8.80.